The molecule has 1 N–H and O–H groups in total. The van der Waals surface area contributed by atoms with E-state index in [2.05, 4.69) is 5.32 Å². The normalized spacial score (nSPS) is 19.1. The first kappa shape index (κ1) is 14.8. The second-order valence-electron chi connectivity index (χ2n) is 5.04. The van der Waals surface area contributed by atoms with E-state index in [1.54, 1.807) is 13.1 Å². The lowest BCUT2D eigenvalue weighted by molar-refractivity contribution is -0.137. The van der Waals surface area contributed by atoms with Crippen molar-refractivity contribution in [1.29, 1.82) is 0 Å². The molecule has 1 aliphatic heterocycles. The fourth-order valence-corrected chi connectivity index (χ4v) is 2.36. The molecule has 110 valence electrons. The van der Waals surface area contributed by atoms with Gasteiger partial charge >= 0.3 is 6.18 Å². The molecule has 1 aliphatic rings. The number of rotatable bonds is 3. The summed E-state index contributed by atoms with van der Waals surface area (Å²) in [6.07, 6.45) is -2.62. The molecule has 20 heavy (non-hydrogen) atoms. The van der Waals surface area contributed by atoms with Gasteiger partial charge in [-0.25, -0.2) is 0 Å². The first-order chi connectivity index (χ1) is 9.38. The molecule has 1 saturated heterocycles. The molecule has 0 saturated carbocycles. The van der Waals surface area contributed by atoms with E-state index in [-0.39, 0.29) is 18.5 Å². The Bertz CT molecular complexity index is 482. The van der Waals surface area contributed by atoms with E-state index in [0.29, 0.717) is 5.56 Å². The quantitative estimate of drug-likeness (QED) is 0.925. The van der Waals surface area contributed by atoms with Crippen molar-refractivity contribution in [3.05, 3.63) is 35.4 Å². The van der Waals surface area contributed by atoms with E-state index in [1.165, 1.54) is 11.0 Å². The van der Waals surface area contributed by atoms with Gasteiger partial charge in [0.1, 0.15) is 0 Å². The third-order valence-electron chi connectivity index (χ3n) is 3.41. The molecule has 3 nitrogen and oxygen atoms in total. The van der Waals surface area contributed by atoms with E-state index in [9.17, 15) is 18.0 Å². The number of alkyl halides is 3. The minimum Gasteiger partial charge on any atom is -0.340 e. The maximum absolute atomic E-state index is 12.6. The zero-order chi connectivity index (χ0) is 14.8. The molecule has 0 bridgehead atoms. The van der Waals surface area contributed by atoms with Gasteiger partial charge in [-0.2, -0.15) is 13.2 Å². The summed E-state index contributed by atoms with van der Waals surface area (Å²) in [5.74, 6) is -0.0695. The Labute approximate surface area is 115 Å². The minimum absolute atomic E-state index is 0.0695. The number of nitrogens with zero attached hydrogens (tertiary/aromatic N) is 1. The van der Waals surface area contributed by atoms with Crippen LogP contribution in [-0.2, 0) is 17.5 Å². The summed E-state index contributed by atoms with van der Waals surface area (Å²) < 4.78 is 37.9. The van der Waals surface area contributed by atoms with Gasteiger partial charge in [0.05, 0.1) is 11.6 Å². The van der Waals surface area contributed by atoms with E-state index in [4.69, 9.17) is 0 Å². The van der Waals surface area contributed by atoms with Crippen molar-refractivity contribution >= 4 is 5.91 Å². The van der Waals surface area contributed by atoms with Gasteiger partial charge in [-0.3, -0.25) is 4.79 Å². The molecule has 1 amide bonds. The van der Waals surface area contributed by atoms with Crippen molar-refractivity contribution in [1.82, 2.24) is 10.2 Å². The maximum Gasteiger partial charge on any atom is 0.416 e. The molecule has 6 heteroatoms. The largest absolute Gasteiger partial charge is 0.416 e. The highest BCUT2D eigenvalue weighted by molar-refractivity contribution is 5.81. The molecule has 1 aromatic carbocycles. The van der Waals surface area contributed by atoms with E-state index in [1.807, 2.05) is 0 Å². The number of hydrogen-bond acceptors (Lipinski definition) is 2. The van der Waals surface area contributed by atoms with Gasteiger partial charge in [0.25, 0.3) is 0 Å². The van der Waals surface area contributed by atoms with Crippen LogP contribution in [0.2, 0.25) is 0 Å². The van der Waals surface area contributed by atoms with Crippen molar-refractivity contribution in [3.63, 3.8) is 0 Å². The number of halogens is 3. The van der Waals surface area contributed by atoms with Crippen LogP contribution in [0.5, 0.6) is 0 Å². The average molecular weight is 286 g/mol. The first-order valence-electron chi connectivity index (χ1n) is 6.52. The van der Waals surface area contributed by atoms with Crippen molar-refractivity contribution in [2.75, 3.05) is 13.6 Å². The fourth-order valence-electron chi connectivity index (χ4n) is 2.36. The summed E-state index contributed by atoms with van der Waals surface area (Å²) >= 11 is 0. The summed E-state index contributed by atoms with van der Waals surface area (Å²) in [6.45, 7) is 0.995. The molecule has 2 rings (SSSR count). The lowest BCUT2D eigenvalue weighted by Crippen LogP contribution is -2.41. The predicted molar refractivity (Wildman–Crippen MR) is 68.9 cm³/mol. The van der Waals surface area contributed by atoms with Crippen LogP contribution in [0.15, 0.2) is 24.3 Å². The monoisotopic (exact) mass is 286 g/mol. The fraction of sp³-hybridized carbons (Fsp3) is 0.500. The standard InChI is InChI=1S/C14H17F3N2O/c1-19(13(20)12-6-3-7-18-12)9-10-4-2-5-11(8-10)14(15,16)17/h2,4-5,8,12,18H,3,6-7,9H2,1H3. The van der Waals surface area contributed by atoms with Gasteiger partial charge in [-0.05, 0) is 37.1 Å². The SMILES string of the molecule is CN(Cc1cccc(C(F)(F)F)c1)C(=O)C1CCCN1. The van der Waals surface area contributed by atoms with Crippen molar-refractivity contribution in [2.45, 2.75) is 31.6 Å². The van der Waals surface area contributed by atoms with Crippen molar-refractivity contribution in [2.24, 2.45) is 0 Å². The van der Waals surface area contributed by atoms with Crippen LogP contribution in [0.4, 0.5) is 13.2 Å². The number of carbonyl (C=O) groups is 1. The van der Waals surface area contributed by atoms with Gasteiger partial charge in [0, 0.05) is 13.6 Å². The molecule has 0 spiro atoms. The lowest BCUT2D eigenvalue weighted by Gasteiger charge is -2.21. The summed E-state index contributed by atoms with van der Waals surface area (Å²) in [5, 5.41) is 3.09. The van der Waals surface area contributed by atoms with Gasteiger partial charge in [0.2, 0.25) is 5.91 Å². The molecule has 0 radical (unpaired) electrons. The molecular formula is C14H17F3N2O. The van der Waals surface area contributed by atoms with Crippen molar-refractivity contribution in [3.8, 4) is 0 Å². The predicted octanol–water partition coefficient (Wildman–Crippen LogP) is 2.42. The zero-order valence-electron chi connectivity index (χ0n) is 11.2. The smallest absolute Gasteiger partial charge is 0.340 e. The summed E-state index contributed by atoms with van der Waals surface area (Å²) in [5.41, 5.74) is -0.205. The molecule has 0 aromatic heterocycles. The number of amides is 1. The molecule has 1 atom stereocenters. The van der Waals surface area contributed by atoms with E-state index < -0.39 is 11.7 Å². The highest BCUT2D eigenvalue weighted by Gasteiger charge is 2.30. The molecule has 0 aliphatic carbocycles. The second kappa shape index (κ2) is 5.83. The number of carbonyl (C=O) groups excluding carboxylic acids is 1. The van der Waals surface area contributed by atoms with E-state index >= 15 is 0 Å². The molecule has 1 heterocycles. The second-order valence-corrected chi connectivity index (χ2v) is 5.04. The number of hydrogen-bond donors (Lipinski definition) is 1. The Hall–Kier alpha value is -1.56. The number of nitrogens with one attached hydrogen (secondary N) is 1. The first-order valence-corrected chi connectivity index (χ1v) is 6.52. The zero-order valence-corrected chi connectivity index (χ0v) is 11.2. The lowest BCUT2D eigenvalue weighted by atomic mass is 10.1. The highest BCUT2D eigenvalue weighted by atomic mass is 19.4. The number of benzene rings is 1. The Kier molecular flexibility index (Phi) is 4.32. The summed E-state index contributed by atoms with van der Waals surface area (Å²) in [6, 6.07) is 4.88. The van der Waals surface area contributed by atoms with Crippen LogP contribution >= 0.6 is 0 Å². The van der Waals surface area contributed by atoms with Crippen LogP contribution in [-0.4, -0.2) is 30.4 Å². The Balaban J connectivity index is 2.04. The topological polar surface area (TPSA) is 32.3 Å². The Morgan fingerprint density at radius 2 is 2.20 bits per heavy atom. The van der Waals surface area contributed by atoms with Crippen LogP contribution < -0.4 is 5.32 Å². The molecule has 1 aromatic rings. The average Bonchev–Trinajstić information content (AvgIpc) is 2.91. The third kappa shape index (κ3) is 3.50. The molecule has 1 fully saturated rings. The summed E-state index contributed by atoms with van der Waals surface area (Å²) in [7, 11) is 1.61. The summed E-state index contributed by atoms with van der Waals surface area (Å²) in [4.78, 5) is 13.5. The highest BCUT2D eigenvalue weighted by Crippen LogP contribution is 2.29. The Morgan fingerprint density at radius 3 is 2.80 bits per heavy atom. The van der Waals surface area contributed by atoms with Crippen LogP contribution in [0.3, 0.4) is 0 Å². The molecular weight excluding hydrogens is 269 g/mol. The van der Waals surface area contributed by atoms with Gasteiger partial charge in [-0.15, -0.1) is 0 Å². The van der Waals surface area contributed by atoms with Crippen LogP contribution in [0.25, 0.3) is 0 Å². The minimum atomic E-state index is -4.36. The molecule has 1 unspecified atom stereocenters. The maximum atomic E-state index is 12.6. The van der Waals surface area contributed by atoms with Gasteiger partial charge in [0.15, 0.2) is 0 Å². The Morgan fingerprint density at radius 1 is 1.45 bits per heavy atom. The van der Waals surface area contributed by atoms with Gasteiger partial charge in [-0.1, -0.05) is 12.1 Å². The van der Waals surface area contributed by atoms with E-state index in [0.717, 1.165) is 31.5 Å². The van der Waals surface area contributed by atoms with Gasteiger partial charge < -0.3 is 10.2 Å². The van der Waals surface area contributed by atoms with Crippen LogP contribution in [0, 0.1) is 0 Å². The van der Waals surface area contributed by atoms with Crippen molar-refractivity contribution < 1.29 is 18.0 Å². The number of likely N-dealkylation sites (N-methyl/N-ethyl adjacent to an activating group) is 1. The van der Waals surface area contributed by atoms with Crippen LogP contribution in [0.1, 0.15) is 24.0 Å². The third-order valence-corrected chi connectivity index (χ3v) is 3.41.